The zero-order chi connectivity index (χ0) is 24.9. The Labute approximate surface area is 207 Å². The van der Waals surface area contributed by atoms with E-state index in [0.717, 1.165) is 12.8 Å². The number of amides is 1. The number of nitrogens with zero attached hydrogens (tertiary/aromatic N) is 5. The Morgan fingerprint density at radius 2 is 1.92 bits per heavy atom. The van der Waals surface area contributed by atoms with Crippen LogP contribution in [0.25, 0.3) is 11.4 Å². The summed E-state index contributed by atoms with van der Waals surface area (Å²) in [5.41, 5.74) is 6.89. The number of carbonyl (C=O) groups excluding carboxylic acids is 1. The lowest BCUT2D eigenvalue weighted by Gasteiger charge is -2.17. The number of nitrogens with two attached hydrogens (primary N) is 1. The fraction of sp³-hybridized carbons (Fsp3) is 0.280. The van der Waals surface area contributed by atoms with Crippen molar-refractivity contribution in [3.63, 3.8) is 0 Å². The van der Waals surface area contributed by atoms with Crippen molar-refractivity contribution in [2.75, 3.05) is 17.7 Å². The standard InChI is InChI=1S/C25H26N8O3/c1-35-20-16(23-31-24(36-33-23)15-8-3-2-4-9-15)10-7-11-18(20)29-22-17(21(26)34)14-28-25(32-22)30-19-12-5-6-13-27-19/h5-7,10-15H,2-4,8-9H2,1H3,(H2,26,34)(H2,27,28,29,30,32). The average Bonchev–Trinajstić information content (AvgIpc) is 3.40. The van der Waals surface area contributed by atoms with Crippen molar-refractivity contribution in [3.8, 4) is 17.1 Å². The molecule has 1 aromatic carbocycles. The van der Waals surface area contributed by atoms with Gasteiger partial charge in [-0.3, -0.25) is 4.79 Å². The molecule has 1 saturated carbocycles. The predicted octanol–water partition coefficient (Wildman–Crippen LogP) is 4.56. The van der Waals surface area contributed by atoms with Gasteiger partial charge in [0.15, 0.2) is 5.75 Å². The number of nitrogens with one attached hydrogen (secondary N) is 2. The van der Waals surface area contributed by atoms with Crippen LogP contribution in [-0.4, -0.2) is 38.1 Å². The lowest BCUT2D eigenvalue weighted by Crippen LogP contribution is -2.16. The lowest BCUT2D eigenvalue weighted by atomic mass is 9.89. The summed E-state index contributed by atoms with van der Waals surface area (Å²) in [6.45, 7) is 0. The van der Waals surface area contributed by atoms with Crippen LogP contribution >= 0.6 is 0 Å². The van der Waals surface area contributed by atoms with Gasteiger partial charge in [0.2, 0.25) is 17.7 Å². The number of hydrogen-bond acceptors (Lipinski definition) is 10. The molecule has 0 bridgehead atoms. The van der Waals surface area contributed by atoms with Crippen LogP contribution in [0.15, 0.2) is 53.3 Å². The lowest BCUT2D eigenvalue weighted by molar-refractivity contribution is 0.100. The third kappa shape index (κ3) is 4.95. The van der Waals surface area contributed by atoms with Gasteiger partial charge in [0, 0.05) is 18.3 Å². The molecule has 0 aliphatic heterocycles. The molecule has 1 aliphatic rings. The first-order valence-electron chi connectivity index (χ1n) is 11.8. The largest absolute Gasteiger partial charge is 0.494 e. The zero-order valence-corrected chi connectivity index (χ0v) is 19.8. The van der Waals surface area contributed by atoms with Gasteiger partial charge in [-0.15, -0.1) is 0 Å². The molecule has 1 aliphatic carbocycles. The summed E-state index contributed by atoms with van der Waals surface area (Å²) in [5, 5.41) is 10.4. The molecule has 5 rings (SSSR count). The third-order valence-electron chi connectivity index (χ3n) is 6.07. The second-order valence-electron chi connectivity index (χ2n) is 8.46. The first-order valence-corrected chi connectivity index (χ1v) is 11.8. The molecule has 3 aromatic heterocycles. The molecule has 11 nitrogen and oxygen atoms in total. The van der Waals surface area contributed by atoms with Crippen molar-refractivity contribution in [1.29, 1.82) is 0 Å². The Kier molecular flexibility index (Phi) is 6.69. The number of methoxy groups -OCH3 is 1. The number of anilines is 4. The highest BCUT2D eigenvalue weighted by molar-refractivity contribution is 5.98. The van der Waals surface area contributed by atoms with E-state index in [4.69, 9.17) is 15.0 Å². The Hall–Kier alpha value is -4.54. The molecular weight excluding hydrogens is 460 g/mol. The van der Waals surface area contributed by atoms with Gasteiger partial charge in [0.1, 0.15) is 17.2 Å². The molecule has 4 aromatic rings. The number of rotatable bonds is 8. The SMILES string of the molecule is COc1c(Nc2nc(Nc3ccccn3)ncc2C(N)=O)cccc1-c1noc(C2CCCCC2)n1. The predicted molar refractivity (Wildman–Crippen MR) is 133 cm³/mol. The summed E-state index contributed by atoms with van der Waals surface area (Å²) < 4.78 is 11.3. The van der Waals surface area contributed by atoms with E-state index in [1.54, 1.807) is 31.5 Å². The van der Waals surface area contributed by atoms with Crippen molar-refractivity contribution < 1.29 is 14.1 Å². The molecule has 1 amide bonds. The van der Waals surface area contributed by atoms with Gasteiger partial charge in [-0.2, -0.15) is 9.97 Å². The molecule has 0 unspecified atom stereocenters. The molecule has 36 heavy (non-hydrogen) atoms. The Morgan fingerprint density at radius 3 is 2.67 bits per heavy atom. The summed E-state index contributed by atoms with van der Waals surface area (Å²) in [6, 6.07) is 10.9. The maximum atomic E-state index is 12.1. The minimum atomic E-state index is -0.674. The monoisotopic (exact) mass is 486 g/mol. The molecule has 0 atom stereocenters. The number of para-hydroxylation sites is 1. The van der Waals surface area contributed by atoms with E-state index in [1.165, 1.54) is 25.5 Å². The highest BCUT2D eigenvalue weighted by atomic mass is 16.5. The van der Waals surface area contributed by atoms with Gasteiger partial charge in [0.05, 0.1) is 18.4 Å². The van der Waals surface area contributed by atoms with Crippen LogP contribution in [0.4, 0.5) is 23.3 Å². The molecule has 0 spiro atoms. The van der Waals surface area contributed by atoms with Crippen molar-refractivity contribution in [3.05, 3.63) is 60.2 Å². The van der Waals surface area contributed by atoms with Gasteiger partial charge in [-0.25, -0.2) is 9.97 Å². The van der Waals surface area contributed by atoms with Crippen molar-refractivity contribution in [2.45, 2.75) is 38.0 Å². The Balaban J connectivity index is 1.46. The minimum Gasteiger partial charge on any atom is -0.494 e. The fourth-order valence-corrected chi connectivity index (χ4v) is 4.29. The second-order valence-corrected chi connectivity index (χ2v) is 8.46. The number of ether oxygens (including phenoxy) is 1. The van der Waals surface area contributed by atoms with Crippen LogP contribution in [0, 0.1) is 0 Å². The third-order valence-corrected chi connectivity index (χ3v) is 6.07. The number of carbonyl (C=O) groups is 1. The molecule has 0 radical (unpaired) electrons. The zero-order valence-electron chi connectivity index (χ0n) is 19.8. The van der Waals surface area contributed by atoms with Gasteiger partial charge in [-0.05, 0) is 37.1 Å². The molecule has 11 heteroatoms. The Bertz CT molecular complexity index is 1350. The summed E-state index contributed by atoms with van der Waals surface area (Å²) in [5.74, 6) is 2.19. The van der Waals surface area contributed by atoms with E-state index in [0.29, 0.717) is 34.5 Å². The summed E-state index contributed by atoms with van der Waals surface area (Å²) >= 11 is 0. The van der Waals surface area contributed by atoms with Gasteiger partial charge in [-0.1, -0.05) is 36.6 Å². The average molecular weight is 487 g/mol. The normalized spacial score (nSPS) is 13.8. The minimum absolute atomic E-state index is 0.119. The van der Waals surface area contributed by atoms with Crippen molar-refractivity contribution >= 4 is 29.2 Å². The fourth-order valence-electron chi connectivity index (χ4n) is 4.29. The van der Waals surface area contributed by atoms with Crippen molar-refractivity contribution in [1.82, 2.24) is 25.1 Å². The van der Waals surface area contributed by atoms with Crippen LogP contribution in [0.3, 0.4) is 0 Å². The number of hydrogen-bond donors (Lipinski definition) is 3. The van der Waals surface area contributed by atoms with Crippen molar-refractivity contribution in [2.24, 2.45) is 5.73 Å². The van der Waals surface area contributed by atoms with Crippen LogP contribution < -0.4 is 21.1 Å². The molecular formula is C25H26N8O3. The quantitative estimate of drug-likeness (QED) is 0.323. The molecule has 184 valence electrons. The first-order chi connectivity index (χ1) is 17.6. The highest BCUT2D eigenvalue weighted by Gasteiger charge is 2.24. The van der Waals surface area contributed by atoms with Gasteiger partial charge < -0.3 is 25.6 Å². The number of pyridine rings is 1. The van der Waals surface area contributed by atoms with Crippen LogP contribution in [0.1, 0.15) is 54.3 Å². The number of benzene rings is 1. The maximum Gasteiger partial charge on any atom is 0.254 e. The summed E-state index contributed by atoms with van der Waals surface area (Å²) in [4.78, 5) is 29.6. The van der Waals surface area contributed by atoms with E-state index < -0.39 is 5.91 Å². The molecule has 1 fully saturated rings. The van der Waals surface area contributed by atoms with E-state index in [1.807, 2.05) is 18.2 Å². The number of primary amides is 1. The summed E-state index contributed by atoms with van der Waals surface area (Å²) in [6.07, 6.45) is 8.70. The topological polar surface area (TPSA) is 154 Å². The van der Waals surface area contributed by atoms with E-state index >= 15 is 0 Å². The summed E-state index contributed by atoms with van der Waals surface area (Å²) in [7, 11) is 1.55. The van der Waals surface area contributed by atoms with Crippen LogP contribution in [0.5, 0.6) is 5.75 Å². The van der Waals surface area contributed by atoms with Crippen LogP contribution in [-0.2, 0) is 0 Å². The second kappa shape index (κ2) is 10.4. The molecule has 3 heterocycles. The first kappa shape index (κ1) is 23.2. The Morgan fingerprint density at radius 1 is 1.06 bits per heavy atom. The van der Waals surface area contributed by atoms with E-state index in [2.05, 4.69) is 35.7 Å². The molecule has 0 saturated heterocycles. The van der Waals surface area contributed by atoms with E-state index in [9.17, 15) is 4.79 Å². The van der Waals surface area contributed by atoms with Gasteiger partial charge >= 0.3 is 0 Å². The highest BCUT2D eigenvalue weighted by Crippen LogP contribution is 2.38. The van der Waals surface area contributed by atoms with Crippen LogP contribution in [0.2, 0.25) is 0 Å². The van der Waals surface area contributed by atoms with Gasteiger partial charge in [0.25, 0.3) is 5.91 Å². The smallest absolute Gasteiger partial charge is 0.254 e. The molecule has 4 N–H and O–H groups in total. The van der Waals surface area contributed by atoms with E-state index in [-0.39, 0.29) is 23.2 Å². The number of aromatic nitrogens is 5. The maximum absolute atomic E-state index is 12.1.